The fourth-order valence-corrected chi connectivity index (χ4v) is 4.66. The fraction of sp³-hybridized carbons (Fsp3) is 0.381. The molecule has 2 aromatic carbocycles. The maximum atomic E-state index is 13.1. The highest BCUT2D eigenvalue weighted by molar-refractivity contribution is 7.89. The van der Waals surface area contributed by atoms with Crippen molar-refractivity contribution in [2.45, 2.75) is 6.42 Å². The molecule has 0 aliphatic carbocycles. The molecule has 1 saturated heterocycles. The van der Waals surface area contributed by atoms with E-state index in [1.165, 1.54) is 16.4 Å². The molecule has 2 N–H and O–H groups in total. The molecule has 162 valence electrons. The molecule has 0 bridgehead atoms. The summed E-state index contributed by atoms with van der Waals surface area (Å²) >= 11 is 0. The van der Waals surface area contributed by atoms with E-state index in [2.05, 4.69) is 10.6 Å². The van der Waals surface area contributed by atoms with Crippen molar-refractivity contribution < 1.29 is 17.6 Å². The molecule has 30 heavy (non-hydrogen) atoms. The van der Waals surface area contributed by atoms with Crippen molar-refractivity contribution in [2.75, 3.05) is 49.9 Å². The van der Waals surface area contributed by atoms with Crippen LogP contribution in [-0.2, 0) is 16.4 Å². The number of sulfonamides is 1. The molecule has 0 saturated carbocycles. The molecule has 1 aliphatic rings. The number of nitrogens with one attached hydrogen (secondary N) is 2. The van der Waals surface area contributed by atoms with Crippen molar-refractivity contribution in [3.8, 4) is 0 Å². The van der Waals surface area contributed by atoms with Gasteiger partial charge in [-0.2, -0.15) is 4.31 Å². The highest BCUT2D eigenvalue weighted by Crippen LogP contribution is 2.18. The van der Waals surface area contributed by atoms with Gasteiger partial charge in [0.1, 0.15) is 5.82 Å². The van der Waals surface area contributed by atoms with Crippen molar-refractivity contribution in [3.63, 3.8) is 0 Å². The van der Waals surface area contributed by atoms with Crippen molar-refractivity contribution in [1.82, 2.24) is 14.9 Å². The number of carbonyl (C=O) groups excluding carboxylic acids is 1. The van der Waals surface area contributed by atoms with Crippen LogP contribution in [0.5, 0.6) is 0 Å². The number of benzene rings is 2. The third kappa shape index (κ3) is 6.43. The van der Waals surface area contributed by atoms with Gasteiger partial charge in [0, 0.05) is 45.0 Å². The zero-order valence-electron chi connectivity index (χ0n) is 16.8. The fourth-order valence-electron chi connectivity index (χ4n) is 3.33. The first-order chi connectivity index (χ1) is 14.4. The van der Waals surface area contributed by atoms with E-state index < -0.39 is 10.0 Å². The number of halogens is 1. The minimum atomic E-state index is -3.45. The Morgan fingerprint density at radius 2 is 1.53 bits per heavy atom. The van der Waals surface area contributed by atoms with E-state index in [1.54, 1.807) is 12.1 Å². The van der Waals surface area contributed by atoms with Crippen molar-refractivity contribution in [3.05, 3.63) is 66.0 Å². The quantitative estimate of drug-likeness (QED) is 0.664. The first-order valence-corrected chi connectivity index (χ1v) is 11.6. The maximum Gasteiger partial charge on any atom is 0.314 e. The van der Waals surface area contributed by atoms with Crippen LogP contribution >= 0.6 is 0 Å². The standard InChI is InChI=1S/C21H27FN4O3S/c22-19-6-8-20(9-7-19)25-13-15-26(16-14-25)30(28,29)17-12-24-21(27)23-11-10-18-4-2-1-3-5-18/h1-9H,10-17H2,(H2,23,24,27). The summed E-state index contributed by atoms with van der Waals surface area (Å²) in [5, 5.41) is 5.34. The lowest BCUT2D eigenvalue weighted by Gasteiger charge is -2.35. The first-order valence-electron chi connectivity index (χ1n) is 9.98. The lowest BCUT2D eigenvalue weighted by atomic mass is 10.1. The van der Waals surface area contributed by atoms with E-state index in [4.69, 9.17) is 0 Å². The molecule has 1 fully saturated rings. The lowest BCUT2D eigenvalue weighted by molar-refractivity contribution is 0.241. The third-order valence-electron chi connectivity index (χ3n) is 5.01. The van der Waals surface area contributed by atoms with Gasteiger partial charge < -0.3 is 15.5 Å². The highest BCUT2D eigenvalue weighted by Gasteiger charge is 2.26. The van der Waals surface area contributed by atoms with E-state index in [-0.39, 0.29) is 24.1 Å². The number of nitrogens with zero attached hydrogens (tertiary/aromatic N) is 2. The van der Waals surface area contributed by atoms with Crippen LogP contribution in [0.2, 0.25) is 0 Å². The van der Waals surface area contributed by atoms with Crippen LogP contribution < -0.4 is 15.5 Å². The number of carbonyl (C=O) groups is 1. The van der Waals surface area contributed by atoms with E-state index in [0.29, 0.717) is 39.1 Å². The molecule has 7 nitrogen and oxygen atoms in total. The normalized spacial score (nSPS) is 15.0. The molecule has 0 unspecified atom stereocenters. The van der Waals surface area contributed by atoms with Gasteiger partial charge in [0.25, 0.3) is 0 Å². The Morgan fingerprint density at radius 3 is 2.20 bits per heavy atom. The summed E-state index contributed by atoms with van der Waals surface area (Å²) in [5.41, 5.74) is 2.00. The number of hydrogen-bond donors (Lipinski definition) is 2. The van der Waals surface area contributed by atoms with Crippen LogP contribution in [0.1, 0.15) is 5.56 Å². The number of rotatable bonds is 8. The second-order valence-electron chi connectivity index (χ2n) is 7.10. The van der Waals surface area contributed by atoms with Gasteiger partial charge in [-0.15, -0.1) is 0 Å². The minimum Gasteiger partial charge on any atom is -0.369 e. The summed E-state index contributed by atoms with van der Waals surface area (Å²) in [5.74, 6) is -0.438. The lowest BCUT2D eigenvalue weighted by Crippen LogP contribution is -2.50. The van der Waals surface area contributed by atoms with Crippen molar-refractivity contribution in [1.29, 1.82) is 0 Å². The summed E-state index contributed by atoms with van der Waals surface area (Å²) in [4.78, 5) is 13.9. The van der Waals surface area contributed by atoms with Gasteiger partial charge in [-0.25, -0.2) is 17.6 Å². The molecule has 2 aromatic rings. The Hall–Kier alpha value is -2.65. The number of piperazine rings is 1. The Kier molecular flexibility index (Phi) is 7.64. The van der Waals surface area contributed by atoms with E-state index in [0.717, 1.165) is 11.3 Å². The predicted molar refractivity (Wildman–Crippen MR) is 116 cm³/mol. The summed E-state index contributed by atoms with van der Waals surface area (Å²) in [6.45, 7) is 2.34. The van der Waals surface area contributed by atoms with Crippen LogP contribution in [-0.4, -0.2) is 63.8 Å². The molecular formula is C21H27FN4O3S. The summed E-state index contributed by atoms with van der Waals surface area (Å²) in [6, 6.07) is 15.6. The van der Waals surface area contributed by atoms with Crippen LogP contribution in [0, 0.1) is 5.82 Å². The molecule has 3 rings (SSSR count). The number of anilines is 1. The zero-order chi connectivity index (χ0) is 21.4. The van der Waals surface area contributed by atoms with E-state index in [1.807, 2.05) is 35.2 Å². The highest BCUT2D eigenvalue weighted by atomic mass is 32.2. The number of amides is 2. The Labute approximate surface area is 176 Å². The Morgan fingerprint density at radius 1 is 0.900 bits per heavy atom. The smallest absolute Gasteiger partial charge is 0.314 e. The minimum absolute atomic E-state index is 0.0533. The molecule has 0 aromatic heterocycles. The summed E-state index contributed by atoms with van der Waals surface area (Å²) in [6.07, 6.45) is 0.713. The predicted octanol–water partition coefficient (Wildman–Crippen LogP) is 1.82. The van der Waals surface area contributed by atoms with Gasteiger partial charge in [0.15, 0.2) is 0 Å². The molecule has 0 spiro atoms. The summed E-state index contributed by atoms with van der Waals surface area (Å²) in [7, 11) is -3.45. The van der Waals surface area contributed by atoms with Crippen molar-refractivity contribution in [2.24, 2.45) is 0 Å². The SMILES string of the molecule is O=C(NCCc1ccccc1)NCCS(=O)(=O)N1CCN(c2ccc(F)cc2)CC1. The largest absolute Gasteiger partial charge is 0.369 e. The monoisotopic (exact) mass is 434 g/mol. The Bertz CT molecular complexity index is 915. The third-order valence-corrected chi connectivity index (χ3v) is 6.88. The van der Waals surface area contributed by atoms with Gasteiger partial charge in [-0.1, -0.05) is 30.3 Å². The topological polar surface area (TPSA) is 81.8 Å². The molecular weight excluding hydrogens is 407 g/mol. The van der Waals surface area contributed by atoms with E-state index >= 15 is 0 Å². The Balaban J connectivity index is 1.36. The average molecular weight is 435 g/mol. The molecule has 1 heterocycles. The molecule has 0 atom stereocenters. The second-order valence-corrected chi connectivity index (χ2v) is 9.19. The average Bonchev–Trinajstić information content (AvgIpc) is 2.75. The van der Waals surface area contributed by atoms with Crippen LogP contribution in [0.25, 0.3) is 0 Å². The molecule has 9 heteroatoms. The van der Waals surface area contributed by atoms with Gasteiger partial charge in [0.05, 0.1) is 5.75 Å². The molecule has 1 aliphatic heterocycles. The van der Waals surface area contributed by atoms with Crippen LogP contribution in [0.4, 0.5) is 14.9 Å². The van der Waals surface area contributed by atoms with Gasteiger partial charge in [-0.05, 0) is 36.2 Å². The molecule has 0 radical (unpaired) electrons. The zero-order valence-corrected chi connectivity index (χ0v) is 17.6. The van der Waals surface area contributed by atoms with Gasteiger partial charge in [-0.3, -0.25) is 0 Å². The van der Waals surface area contributed by atoms with Gasteiger partial charge >= 0.3 is 6.03 Å². The first kappa shape index (κ1) is 22.0. The molecule has 2 amide bonds. The summed E-state index contributed by atoms with van der Waals surface area (Å²) < 4.78 is 39.6. The van der Waals surface area contributed by atoms with Gasteiger partial charge in [0.2, 0.25) is 10.0 Å². The maximum absolute atomic E-state index is 13.1. The second kappa shape index (κ2) is 10.4. The number of hydrogen-bond acceptors (Lipinski definition) is 4. The number of urea groups is 1. The van der Waals surface area contributed by atoms with Crippen molar-refractivity contribution >= 4 is 21.7 Å². The van der Waals surface area contributed by atoms with E-state index in [9.17, 15) is 17.6 Å². The van der Waals surface area contributed by atoms with Crippen LogP contribution in [0.3, 0.4) is 0 Å². The van der Waals surface area contributed by atoms with Crippen LogP contribution in [0.15, 0.2) is 54.6 Å².